The van der Waals surface area contributed by atoms with Crippen molar-refractivity contribution in [3.8, 4) is 6.07 Å². The molecular weight excluding hydrogens is 382 g/mol. The lowest BCUT2D eigenvalue weighted by atomic mass is 10.1. The number of carbonyl (C=O) groups is 2. The molecule has 1 saturated heterocycles. The maximum atomic E-state index is 13.2. The number of likely N-dealkylation sites (N-methyl/N-ethyl adjacent to an activating group) is 1. The third-order valence-corrected chi connectivity index (χ3v) is 5.74. The van der Waals surface area contributed by atoms with Crippen LogP contribution in [-0.2, 0) is 16.0 Å². The quantitative estimate of drug-likeness (QED) is 0.632. The summed E-state index contributed by atoms with van der Waals surface area (Å²) < 4.78 is 0. The number of nitrogens with zero attached hydrogens (tertiary/aromatic N) is 2. The summed E-state index contributed by atoms with van der Waals surface area (Å²) in [5, 5.41) is 12.4. The predicted octanol–water partition coefficient (Wildman–Crippen LogP) is 3.51. The molecule has 1 heterocycles. The molecule has 5 nitrogen and oxygen atoms in total. The average molecular weight is 398 g/mol. The smallest absolute Gasteiger partial charge is 0.264 e. The fourth-order valence-electron chi connectivity index (χ4n) is 2.79. The summed E-state index contributed by atoms with van der Waals surface area (Å²) in [5.74, 6) is -0.704. The third-order valence-electron chi connectivity index (χ3n) is 4.11. The lowest BCUT2D eigenvalue weighted by Crippen LogP contribution is -2.31. The second kappa shape index (κ2) is 8.30. The number of halogens is 1. The van der Waals surface area contributed by atoms with Crippen molar-refractivity contribution in [1.82, 2.24) is 5.32 Å². The van der Waals surface area contributed by atoms with E-state index in [1.165, 1.54) is 23.7 Å². The van der Waals surface area contributed by atoms with Crippen LogP contribution < -0.4 is 10.2 Å². The molecule has 0 saturated carbocycles. The van der Waals surface area contributed by atoms with Crippen LogP contribution in [0, 0.1) is 11.3 Å². The number of hydrogen-bond donors (Lipinski definition) is 1. The van der Waals surface area contributed by atoms with Gasteiger partial charge in [-0.15, -0.1) is 0 Å². The summed E-state index contributed by atoms with van der Waals surface area (Å²) in [6, 6.07) is 18.3. The van der Waals surface area contributed by atoms with Crippen molar-refractivity contribution in [2.24, 2.45) is 0 Å². The lowest BCUT2D eigenvalue weighted by molar-refractivity contribution is -0.117. The summed E-state index contributed by atoms with van der Waals surface area (Å²) in [6.45, 7) is 0. The van der Waals surface area contributed by atoms with Crippen LogP contribution in [-0.4, -0.2) is 24.1 Å². The number of para-hydroxylation sites is 1. The van der Waals surface area contributed by atoms with Crippen molar-refractivity contribution < 1.29 is 9.59 Å². The standard InChI is InChI=1S/C20H16ClN3O2S/c1-23-18(25)15(12-22)20-24(14-8-3-2-4-9-14)19(26)17(27-20)11-13-7-5-6-10-16(13)21/h2-10,17H,11H2,1H3,(H,23,25)/b20-15+. The van der Waals surface area contributed by atoms with Crippen LogP contribution in [0.3, 0.4) is 0 Å². The van der Waals surface area contributed by atoms with Crippen molar-refractivity contribution >= 4 is 40.9 Å². The Morgan fingerprint density at radius 3 is 2.52 bits per heavy atom. The van der Waals surface area contributed by atoms with Gasteiger partial charge in [0.15, 0.2) is 0 Å². The Bertz CT molecular complexity index is 953. The Hall–Kier alpha value is -2.75. The summed E-state index contributed by atoms with van der Waals surface area (Å²) in [5.41, 5.74) is 1.38. The molecule has 2 aromatic rings. The Morgan fingerprint density at radius 1 is 1.22 bits per heavy atom. The van der Waals surface area contributed by atoms with Gasteiger partial charge in [0.2, 0.25) is 5.91 Å². The first kappa shape index (κ1) is 19.0. The maximum absolute atomic E-state index is 13.2. The first-order valence-corrected chi connectivity index (χ1v) is 9.48. The molecule has 1 unspecified atom stereocenters. The van der Waals surface area contributed by atoms with E-state index in [0.29, 0.717) is 22.2 Å². The highest BCUT2D eigenvalue weighted by Gasteiger charge is 2.40. The van der Waals surface area contributed by atoms with Gasteiger partial charge in [-0.2, -0.15) is 5.26 Å². The number of benzene rings is 2. The van der Waals surface area contributed by atoms with E-state index >= 15 is 0 Å². The minimum Gasteiger partial charge on any atom is -0.354 e. The van der Waals surface area contributed by atoms with Gasteiger partial charge in [0.1, 0.15) is 16.7 Å². The molecule has 0 aliphatic carbocycles. The highest BCUT2D eigenvalue weighted by atomic mass is 35.5. The Balaban J connectivity index is 2.05. The number of rotatable bonds is 4. The second-order valence-corrected chi connectivity index (χ2v) is 7.38. The second-order valence-electron chi connectivity index (χ2n) is 5.78. The summed E-state index contributed by atoms with van der Waals surface area (Å²) in [7, 11) is 1.45. The van der Waals surface area contributed by atoms with Crippen molar-refractivity contribution in [2.75, 3.05) is 11.9 Å². The first-order chi connectivity index (χ1) is 13.1. The van der Waals surface area contributed by atoms with Crippen molar-refractivity contribution in [3.05, 3.63) is 75.8 Å². The number of nitriles is 1. The number of nitrogens with one attached hydrogen (secondary N) is 1. The number of hydrogen-bond acceptors (Lipinski definition) is 4. The summed E-state index contributed by atoms with van der Waals surface area (Å²) >= 11 is 7.46. The van der Waals surface area contributed by atoms with Crippen molar-refractivity contribution in [2.45, 2.75) is 11.7 Å². The SMILES string of the molecule is CNC(=O)/C(C#N)=C1/SC(Cc2ccccc2Cl)C(=O)N1c1ccccc1. The van der Waals surface area contributed by atoms with Crippen LogP contribution in [0.15, 0.2) is 65.2 Å². The van der Waals surface area contributed by atoms with Gasteiger partial charge in [-0.25, -0.2) is 0 Å². The van der Waals surface area contributed by atoms with Gasteiger partial charge in [0, 0.05) is 17.8 Å². The van der Waals surface area contributed by atoms with Gasteiger partial charge in [-0.1, -0.05) is 59.8 Å². The number of anilines is 1. The van der Waals surface area contributed by atoms with Crippen LogP contribution in [0.4, 0.5) is 5.69 Å². The molecule has 0 spiro atoms. The molecule has 0 radical (unpaired) electrons. The van der Waals surface area contributed by atoms with Crippen LogP contribution in [0.2, 0.25) is 5.02 Å². The molecule has 1 N–H and O–H groups in total. The molecule has 3 rings (SSSR count). The topological polar surface area (TPSA) is 73.2 Å². The van der Waals surface area contributed by atoms with E-state index in [2.05, 4.69) is 5.32 Å². The monoisotopic (exact) mass is 397 g/mol. The fraction of sp³-hybridized carbons (Fsp3) is 0.150. The number of thioether (sulfide) groups is 1. The Kier molecular flexibility index (Phi) is 5.84. The largest absolute Gasteiger partial charge is 0.354 e. The van der Waals surface area contributed by atoms with Gasteiger partial charge in [-0.3, -0.25) is 14.5 Å². The Labute approximate surface area is 166 Å². The van der Waals surface area contributed by atoms with Gasteiger partial charge in [-0.05, 0) is 30.2 Å². The molecule has 1 fully saturated rings. The first-order valence-electron chi connectivity index (χ1n) is 8.22. The molecule has 2 amide bonds. The number of amides is 2. The van der Waals surface area contributed by atoms with Crippen molar-refractivity contribution in [1.29, 1.82) is 5.26 Å². The van der Waals surface area contributed by atoms with E-state index in [1.807, 2.05) is 30.3 Å². The van der Waals surface area contributed by atoms with Gasteiger partial charge >= 0.3 is 0 Å². The van der Waals surface area contributed by atoms with E-state index in [0.717, 1.165) is 5.56 Å². The minimum absolute atomic E-state index is 0.0821. The van der Waals surface area contributed by atoms with E-state index < -0.39 is 11.2 Å². The number of carbonyl (C=O) groups excluding carboxylic acids is 2. The lowest BCUT2D eigenvalue weighted by Gasteiger charge is -2.18. The van der Waals surface area contributed by atoms with Gasteiger partial charge in [0.25, 0.3) is 5.91 Å². The molecule has 7 heteroatoms. The van der Waals surface area contributed by atoms with Crippen LogP contribution in [0.25, 0.3) is 0 Å². The average Bonchev–Trinajstić information content (AvgIpc) is 3.00. The maximum Gasteiger partial charge on any atom is 0.264 e. The van der Waals surface area contributed by atoms with Crippen LogP contribution in [0.1, 0.15) is 5.56 Å². The molecule has 2 aromatic carbocycles. The molecule has 1 aliphatic rings. The van der Waals surface area contributed by atoms with E-state index in [1.54, 1.807) is 30.3 Å². The summed E-state index contributed by atoms with van der Waals surface area (Å²) in [4.78, 5) is 26.8. The minimum atomic E-state index is -0.521. The van der Waals surface area contributed by atoms with Gasteiger partial charge < -0.3 is 5.32 Å². The van der Waals surface area contributed by atoms with Gasteiger partial charge in [0.05, 0.1) is 5.25 Å². The normalized spacial score (nSPS) is 18.2. The Morgan fingerprint density at radius 2 is 1.89 bits per heavy atom. The van der Waals surface area contributed by atoms with Crippen LogP contribution in [0.5, 0.6) is 0 Å². The molecule has 0 aromatic heterocycles. The van der Waals surface area contributed by atoms with E-state index in [-0.39, 0.29) is 11.5 Å². The van der Waals surface area contributed by atoms with Crippen LogP contribution >= 0.6 is 23.4 Å². The fourth-order valence-corrected chi connectivity index (χ4v) is 4.30. The summed E-state index contributed by atoms with van der Waals surface area (Å²) in [6.07, 6.45) is 0.405. The molecular formula is C20H16ClN3O2S. The third kappa shape index (κ3) is 3.85. The zero-order valence-corrected chi connectivity index (χ0v) is 16.1. The zero-order valence-electron chi connectivity index (χ0n) is 14.5. The van der Waals surface area contributed by atoms with E-state index in [4.69, 9.17) is 11.6 Å². The van der Waals surface area contributed by atoms with E-state index in [9.17, 15) is 14.9 Å². The zero-order chi connectivity index (χ0) is 19.4. The molecule has 136 valence electrons. The highest BCUT2D eigenvalue weighted by Crippen LogP contribution is 2.42. The molecule has 1 atom stereocenters. The van der Waals surface area contributed by atoms with Crippen molar-refractivity contribution in [3.63, 3.8) is 0 Å². The highest BCUT2D eigenvalue weighted by molar-refractivity contribution is 8.05. The molecule has 27 heavy (non-hydrogen) atoms. The molecule has 1 aliphatic heterocycles. The molecule has 0 bridgehead atoms. The predicted molar refractivity (Wildman–Crippen MR) is 107 cm³/mol.